The summed E-state index contributed by atoms with van der Waals surface area (Å²) in [6.07, 6.45) is 0.635. The third-order valence-electron chi connectivity index (χ3n) is 3.88. The molecule has 3 aromatic rings. The molecule has 8 heteroatoms. The van der Waals surface area contributed by atoms with Crippen molar-refractivity contribution in [1.82, 2.24) is 24.5 Å². The summed E-state index contributed by atoms with van der Waals surface area (Å²) >= 11 is 0. The lowest BCUT2D eigenvalue weighted by Crippen LogP contribution is -2.37. The number of esters is 1. The maximum absolute atomic E-state index is 12.4. The van der Waals surface area contributed by atoms with Gasteiger partial charge in [0, 0.05) is 25.5 Å². The number of aryl methyl sites for hydroxylation is 1. The Morgan fingerprint density at radius 3 is 2.65 bits per heavy atom. The number of carbonyl (C=O) groups excluding carboxylic acids is 2. The summed E-state index contributed by atoms with van der Waals surface area (Å²) in [5, 5.41) is 4.08. The average molecular weight is 353 g/mol. The Balaban J connectivity index is 1.65. The molecule has 8 nitrogen and oxygen atoms in total. The van der Waals surface area contributed by atoms with E-state index in [1.807, 2.05) is 37.3 Å². The molecular formula is C18H19N5O3. The Hall–Kier alpha value is -3.29. The van der Waals surface area contributed by atoms with Crippen LogP contribution in [0.3, 0.4) is 0 Å². The number of carbonyl (C=O) groups is 2. The molecule has 0 aliphatic rings. The van der Waals surface area contributed by atoms with Crippen molar-refractivity contribution in [3.05, 3.63) is 59.7 Å². The molecular weight excluding hydrogens is 334 g/mol. The van der Waals surface area contributed by atoms with Gasteiger partial charge in [0.25, 0.3) is 17.5 Å². The second-order valence-electron chi connectivity index (χ2n) is 5.96. The minimum atomic E-state index is -0.947. The number of fused-ring (bicyclic) bond motifs is 1. The van der Waals surface area contributed by atoms with E-state index in [0.29, 0.717) is 12.3 Å². The molecule has 0 saturated carbocycles. The first-order chi connectivity index (χ1) is 12.5. The number of amides is 1. The number of ether oxygens (including phenoxy) is 1. The van der Waals surface area contributed by atoms with Gasteiger partial charge < -0.3 is 9.64 Å². The first kappa shape index (κ1) is 17.5. The summed E-state index contributed by atoms with van der Waals surface area (Å²) < 4.78 is 6.68. The smallest absolute Gasteiger partial charge is 0.379 e. The van der Waals surface area contributed by atoms with E-state index in [9.17, 15) is 9.59 Å². The molecule has 0 aliphatic carbocycles. The van der Waals surface area contributed by atoms with Gasteiger partial charge in [-0.05, 0) is 25.5 Å². The first-order valence-electron chi connectivity index (χ1n) is 8.14. The third-order valence-corrected chi connectivity index (χ3v) is 3.88. The van der Waals surface area contributed by atoms with Gasteiger partial charge in [-0.3, -0.25) is 4.79 Å². The number of likely N-dealkylation sites (N-methyl/N-ethyl adjacent to an activating group) is 1. The normalized spacial score (nSPS) is 12.0. The van der Waals surface area contributed by atoms with Crippen molar-refractivity contribution in [2.24, 2.45) is 0 Å². The highest BCUT2D eigenvalue weighted by molar-refractivity contribution is 5.89. The Morgan fingerprint density at radius 2 is 1.96 bits per heavy atom. The number of rotatable bonds is 5. The fraction of sp³-hybridized carbons (Fsp3) is 0.278. The van der Waals surface area contributed by atoms with Crippen molar-refractivity contribution in [2.75, 3.05) is 7.05 Å². The highest BCUT2D eigenvalue weighted by atomic mass is 16.5. The van der Waals surface area contributed by atoms with E-state index >= 15 is 0 Å². The summed E-state index contributed by atoms with van der Waals surface area (Å²) in [7, 11) is 1.66. The van der Waals surface area contributed by atoms with Crippen LogP contribution in [0.1, 0.15) is 28.8 Å². The molecule has 0 saturated heterocycles. The van der Waals surface area contributed by atoms with Gasteiger partial charge in [-0.1, -0.05) is 30.3 Å². The molecule has 0 fully saturated rings. The van der Waals surface area contributed by atoms with Crippen molar-refractivity contribution in [2.45, 2.75) is 26.5 Å². The fourth-order valence-electron chi connectivity index (χ4n) is 2.50. The molecule has 0 spiro atoms. The molecule has 3 rings (SSSR count). The monoisotopic (exact) mass is 353 g/mol. The van der Waals surface area contributed by atoms with E-state index in [1.165, 1.54) is 16.3 Å². The number of hydrogen-bond donors (Lipinski definition) is 0. The van der Waals surface area contributed by atoms with Crippen LogP contribution in [0.15, 0.2) is 42.6 Å². The van der Waals surface area contributed by atoms with Gasteiger partial charge in [-0.25, -0.2) is 14.3 Å². The second kappa shape index (κ2) is 7.30. The fourth-order valence-corrected chi connectivity index (χ4v) is 2.50. The lowest BCUT2D eigenvalue weighted by atomic mass is 10.2. The minimum Gasteiger partial charge on any atom is -0.447 e. The average Bonchev–Trinajstić information content (AvgIpc) is 3.07. The second-order valence-corrected chi connectivity index (χ2v) is 5.96. The predicted octanol–water partition coefficient (Wildman–Crippen LogP) is 1.64. The standard InChI is InChI=1S/C18H19N5O3/c1-12-9-10-19-18-20-15(21-23(12)18)17(25)26-13(2)16(24)22(3)11-14-7-5-4-6-8-14/h4-10,13H,11H2,1-3H3/t13-/m1/s1. The molecule has 0 aliphatic heterocycles. The molecule has 134 valence electrons. The van der Waals surface area contributed by atoms with Gasteiger partial charge in [0.1, 0.15) is 0 Å². The molecule has 1 amide bonds. The van der Waals surface area contributed by atoms with Crippen molar-refractivity contribution in [3.8, 4) is 0 Å². The maximum atomic E-state index is 12.4. The van der Waals surface area contributed by atoms with Crippen LogP contribution in [0.5, 0.6) is 0 Å². The molecule has 1 aromatic carbocycles. The van der Waals surface area contributed by atoms with Crippen LogP contribution in [0.25, 0.3) is 5.78 Å². The molecule has 2 heterocycles. The van der Waals surface area contributed by atoms with Crippen molar-refractivity contribution in [1.29, 1.82) is 0 Å². The van der Waals surface area contributed by atoms with Crippen LogP contribution in [0.4, 0.5) is 0 Å². The van der Waals surface area contributed by atoms with Crippen LogP contribution in [0.2, 0.25) is 0 Å². The van der Waals surface area contributed by atoms with Gasteiger partial charge in [-0.15, -0.1) is 5.10 Å². The number of benzene rings is 1. The Labute approximate surface area is 150 Å². The maximum Gasteiger partial charge on any atom is 0.379 e. The SMILES string of the molecule is Cc1ccnc2nc(C(=O)O[C@H](C)C(=O)N(C)Cc3ccccc3)nn12. The number of aromatic nitrogens is 4. The van der Waals surface area contributed by atoms with Crippen molar-refractivity contribution >= 4 is 17.7 Å². The van der Waals surface area contributed by atoms with Gasteiger partial charge in [0.2, 0.25) is 0 Å². The van der Waals surface area contributed by atoms with Crippen LogP contribution >= 0.6 is 0 Å². The zero-order valence-corrected chi connectivity index (χ0v) is 14.8. The van der Waals surface area contributed by atoms with E-state index in [0.717, 1.165) is 11.3 Å². The van der Waals surface area contributed by atoms with E-state index in [1.54, 1.807) is 19.3 Å². The minimum absolute atomic E-state index is 0.128. The highest BCUT2D eigenvalue weighted by Crippen LogP contribution is 2.08. The van der Waals surface area contributed by atoms with E-state index in [4.69, 9.17) is 4.74 Å². The summed E-state index contributed by atoms with van der Waals surface area (Å²) in [6, 6.07) is 11.3. The Morgan fingerprint density at radius 1 is 1.23 bits per heavy atom. The van der Waals surface area contributed by atoms with Crippen LogP contribution < -0.4 is 0 Å². The van der Waals surface area contributed by atoms with E-state index in [2.05, 4.69) is 15.1 Å². The Kier molecular flexibility index (Phi) is 4.92. The van der Waals surface area contributed by atoms with Crippen LogP contribution in [-0.4, -0.2) is 49.5 Å². The van der Waals surface area contributed by atoms with Crippen LogP contribution in [0, 0.1) is 6.92 Å². The van der Waals surface area contributed by atoms with Crippen molar-refractivity contribution in [3.63, 3.8) is 0 Å². The van der Waals surface area contributed by atoms with Gasteiger partial charge in [0.05, 0.1) is 0 Å². The van der Waals surface area contributed by atoms with Gasteiger partial charge >= 0.3 is 5.97 Å². The van der Waals surface area contributed by atoms with E-state index < -0.39 is 12.1 Å². The third kappa shape index (κ3) is 3.69. The number of nitrogens with zero attached hydrogens (tertiary/aromatic N) is 5. The summed E-state index contributed by atoms with van der Waals surface area (Å²) in [5.74, 6) is -0.890. The molecule has 0 bridgehead atoms. The highest BCUT2D eigenvalue weighted by Gasteiger charge is 2.25. The molecule has 0 N–H and O–H groups in total. The summed E-state index contributed by atoms with van der Waals surface area (Å²) in [6.45, 7) is 3.78. The van der Waals surface area contributed by atoms with Crippen molar-refractivity contribution < 1.29 is 14.3 Å². The molecule has 0 radical (unpaired) electrons. The summed E-state index contributed by atoms with van der Waals surface area (Å²) in [5.41, 5.74) is 1.78. The quantitative estimate of drug-likeness (QED) is 0.648. The van der Waals surface area contributed by atoms with E-state index in [-0.39, 0.29) is 11.7 Å². The van der Waals surface area contributed by atoms with Crippen LogP contribution in [-0.2, 0) is 16.1 Å². The molecule has 2 aromatic heterocycles. The molecule has 26 heavy (non-hydrogen) atoms. The Bertz CT molecular complexity index is 938. The summed E-state index contributed by atoms with van der Waals surface area (Å²) in [4.78, 5) is 34.3. The lowest BCUT2D eigenvalue weighted by Gasteiger charge is -2.21. The number of hydrogen-bond acceptors (Lipinski definition) is 6. The largest absolute Gasteiger partial charge is 0.447 e. The predicted molar refractivity (Wildman–Crippen MR) is 93.3 cm³/mol. The topological polar surface area (TPSA) is 89.7 Å². The van der Waals surface area contributed by atoms with Gasteiger partial charge in [-0.2, -0.15) is 4.98 Å². The first-order valence-corrected chi connectivity index (χ1v) is 8.14. The zero-order chi connectivity index (χ0) is 18.7. The zero-order valence-electron chi connectivity index (χ0n) is 14.8. The lowest BCUT2D eigenvalue weighted by molar-refractivity contribution is -0.139. The van der Waals surface area contributed by atoms with Gasteiger partial charge in [0.15, 0.2) is 6.10 Å². The molecule has 1 atom stereocenters. The molecule has 0 unspecified atom stereocenters.